The Morgan fingerprint density at radius 2 is 1.96 bits per heavy atom. The highest BCUT2D eigenvalue weighted by Gasteiger charge is 2.23. The lowest BCUT2D eigenvalue weighted by Gasteiger charge is -2.27. The molecule has 1 aliphatic heterocycles. The van der Waals surface area contributed by atoms with Gasteiger partial charge in [0.1, 0.15) is 5.82 Å². The Hall–Kier alpha value is -1.30. The highest BCUT2D eigenvalue weighted by molar-refractivity contribution is 5.93. The zero-order chi connectivity index (χ0) is 17.2. The second-order valence-corrected chi connectivity index (χ2v) is 7.80. The van der Waals surface area contributed by atoms with Crippen molar-refractivity contribution in [3.8, 4) is 0 Å². The van der Waals surface area contributed by atoms with Crippen molar-refractivity contribution in [2.24, 2.45) is 11.8 Å². The summed E-state index contributed by atoms with van der Waals surface area (Å²) in [7, 11) is 0. The van der Waals surface area contributed by atoms with Gasteiger partial charge < -0.3 is 15.6 Å². The van der Waals surface area contributed by atoms with E-state index in [1.807, 2.05) is 18.2 Å². The van der Waals surface area contributed by atoms with Gasteiger partial charge in [-0.25, -0.2) is 4.98 Å². The summed E-state index contributed by atoms with van der Waals surface area (Å²) in [6.07, 6.45) is 6.73. The monoisotopic (exact) mass is 412 g/mol. The largest absolute Gasteiger partial charge is 0.342 e. The Morgan fingerprint density at radius 3 is 2.63 bits per heavy atom. The standard InChI is InChI=1S/C20H28N4O.2ClH/c1-13(14-7-9-21-10-8-14)11-19(25)22-16-5-6-17-18(12-16)24-20(23-17)15-3-2-4-15;;/h5-6,12-15,21H,2-4,7-11H2,1H3,(H,22,25)(H,23,24);2*1H. The van der Waals surface area contributed by atoms with E-state index in [2.05, 4.69) is 22.5 Å². The van der Waals surface area contributed by atoms with Crippen molar-refractivity contribution in [2.45, 2.75) is 51.4 Å². The molecule has 1 atom stereocenters. The first-order valence-electron chi connectivity index (χ1n) is 9.69. The second kappa shape index (κ2) is 9.76. The molecule has 1 saturated heterocycles. The number of carbonyl (C=O) groups is 1. The van der Waals surface area contributed by atoms with Crippen LogP contribution in [0.15, 0.2) is 18.2 Å². The summed E-state index contributed by atoms with van der Waals surface area (Å²) in [4.78, 5) is 20.5. The van der Waals surface area contributed by atoms with E-state index in [9.17, 15) is 4.79 Å². The van der Waals surface area contributed by atoms with E-state index in [1.54, 1.807) is 0 Å². The van der Waals surface area contributed by atoms with Gasteiger partial charge >= 0.3 is 0 Å². The minimum atomic E-state index is 0. The maximum Gasteiger partial charge on any atom is 0.224 e. The smallest absolute Gasteiger partial charge is 0.224 e. The summed E-state index contributed by atoms with van der Waals surface area (Å²) in [5.74, 6) is 2.90. The highest BCUT2D eigenvalue weighted by Crippen LogP contribution is 2.35. The summed E-state index contributed by atoms with van der Waals surface area (Å²) >= 11 is 0. The van der Waals surface area contributed by atoms with Gasteiger partial charge in [0, 0.05) is 18.0 Å². The maximum absolute atomic E-state index is 12.4. The van der Waals surface area contributed by atoms with Crippen molar-refractivity contribution in [3.05, 3.63) is 24.0 Å². The van der Waals surface area contributed by atoms with E-state index in [0.717, 1.165) is 35.6 Å². The number of amides is 1. The number of nitrogens with one attached hydrogen (secondary N) is 3. The summed E-state index contributed by atoms with van der Waals surface area (Å²) in [6, 6.07) is 5.97. The third kappa shape index (κ3) is 5.15. The number of imidazole rings is 1. The van der Waals surface area contributed by atoms with Gasteiger partial charge in [0.2, 0.25) is 5.91 Å². The Balaban J connectivity index is 0.00000131. The number of anilines is 1. The molecular weight excluding hydrogens is 383 g/mol. The van der Waals surface area contributed by atoms with Crippen molar-refractivity contribution in [1.82, 2.24) is 15.3 Å². The number of aromatic amines is 1. The highest BCUT2D eigenvalue weighted by atomic mass is 35.5. The average molecular weight is 413 g/mol. The second-order valence-electron chi connectivity index (χ2n) is 7.80. The van der Waals surface area contributed by atoms with E-state index in [0.29, 0.717) is 24.2 Å². The quantitative estimate of drug-likeness (QED) is 0.669. The zero-order valence-corrected chi connectivity index (χ0v) is 17.4. The minimum absolute atomic E-state index is 0. The summed E-state index contributed by atoms with van der Waals surface area (Å²) < 4.78 is 0. The van der Waals surface area contributed by atoms with Crippen LogP contribution in [0.25, 0.3) is 11.0 Å². The summed E-state index contributed by atoms with van der Waals surface area (Å²) in [5.41, 5.74) is 2.87. The third-order valence-electron chi connectivity index (χ3n) is 5.97. The number of hydrogen-bond donors (Lipinski definition) is 3. The number of benzene rings is 1. The van der Waals surface area contributed by atoms with Gasteiger partial charge in [0.15, 0.2) is 0 Å². The minimum Gasteiger partial charge on any atom is -0.342 e. The topological polar surface area (TPSA) is 69.8 Å². The molecule has 2 heterocycles. The lowest BCUT2D eigenvalue weighted by molar-refractivity contribution is -0.117. The molecule has 2 aromatic rings. The van der Waals surface area contributed by atoms with Crippen LogP contribution in [0.5, 0.6) is 0 Å². The number of nitrogens with zero attached hydrogens (tertiary/aromatic N) is 1. The maximum atomic E-state index is 12.4. The predicted molar refractivity (Wildman–Crippen MR) is 115 cm³/mol. The molecule has 150 valence electrons. The third-order valence-corrected chi connectivity index (χ3v) is 5.97. The van der Waals surface area contributed by atoms with Crippen molar-refractivity contribution in [3.63, 3.8) is 0 Å². The first kappa shape index (κ1) is 22.0. The molecule has 1 aromatic carbocycles. The zero-order valence-electron chi connectivity index (χ0n) is 15.8. The first-order chi connectivity index (χ1) is 12.2. The number of aromatic nitrogens is 2. The molecule has 1 unspecified atom stereocenters. The van der Waals surface area contributed by atoms with E-state index in [1.165, 1.54) is 32.1 Å². The molecule has 0 spiro atoms. The molecule has 27 heavy (non-hydrogen) atoms. The Bertz CT molecular complexity index is 754. The fourth-order valence-corrected chi connectivity index (χ4v) is 4.07. The molecule has 0 bridgehead atoms. The van der Waals surface area contributed by atoms with Crippen molar-refractivity contribution < 1.29 is 4.79 Å². The lowest BCUT2D eigenvalue weighted by Crippen LogP contribution is -2.32. The van der Waals surface area contributed by atoms with Crippen LogP contribution in [0.1, 0.15) is 57.2 Å². The lowest BCUT2D eigenvalue weighted by atomic mass is 9.84. The van der Waals surface area contributed by atoms with Crippen LogP contribution >= 0.6 is 24.8 Å². The molecule has 5 nitrogen and oxygen atoms in total. The molecule has 1 aliphatic carbocycles. The van der Waals surface area contributed by atoms with Crippen LogP contribution < -0.4 is 10.6 Å². The van der Waals surface area contributed by atoms with Crippen LogP contribution in [-0.2, 0) is 4.79 Å². The number of hydrogen-bond acceptors (Lipinski definition) is 3. The SMILES string of the molecule is CC(CC(=O)Nc1ccc2nc(C3CCC3)[nH]c2c1)C1CCNCC1.Cl.Cl. The Kier molecular flexibility index (Phi) is 7.95. The van der Waals surface area contributed by atoms with E-state index in [-0.39, 0.29) is 30.7 Å². The molecule has 4 rings (SSSR count). The number of halogens is 2. The van der Waals surface area contributed by atoms with Gasteiger partial charge in [-0.3, -0.25) is 4.79 Å². The fourth-order valence-electron chi connectivity index (χ4n) is 4.07. The van der Waals surface area contributed by atoms with Crippen LogP contribution in [0, 0.1) is 11.8 Å². The Morgan fingerprint density at radius 1 is 1.22 bits per heavy atom. The summed E-state index contributed by atoms with van der Waals surface area (Å²) in [6.45, 7) is 4.37. The van der Waals surface area contributed by atoms with Crippen LogP contribution in [-0.4, -0.2) is 29.0 Å². The normalized spacial score (nSPS) is 18.9. The molecule has 1 aromatic heterocycles. The van der Waals surface area contributed by atoms with Crippen LogP contribution in [0.3, 0.4) is 0 Å². The molecule has 1 saturated carbocycles. The molecule has 3 N–H and O–H groups in total. The van der Waals surface area contributed by atoms with E-state index in [4.69, 9.17) is 4.98 Å². The molecule has 1 amide bonds. The van der Waals surface area contributed by atoms with Crippen molar-refractivity contribution in [1.29, 1.82) is 0 Å². The molecule has 2 aliphatic rings. The van der Waals surface area contributed by atoms with Gasteiger partial charge in [0.05, 0.1) is 11.0 Å². The number of H-pyrrole nitrogens is 1. The Labute approximate surface area is 173 Å². The first-order valence-corrected chi connectivity index (χ1v) is 9.69. The number of carbonyl (C=O) groups excluding carboxylic acids is 1. The van der Waals surface area contributed by atoms with Crippen molar-refractivity contribution in [2.75, 3.05) is 18.4 Å². The number of fused-ring (bicyclic) bond motifs is 1. The molecular formula is C20H30Cl2N4O. The van der Waals surface area contributed by atoms with Crippen molar-refractivity contribution >= 4 is 47.4 Å². The fraction of sp³-hybridized carbons (Fsp3) is 0.600. The van der Waals surface area contributed by atoms with Gasteiger partial charge in [0.25, 0.3) is 0 Å². The van der Waals surface area contributed by atoms with Gasteiger partial charge in [-0.05, 0) is 68.8 Å². The van der Waals surface area contributed by atoms with E-state index >= 15 is 0 Å². The molecule has 2 fully saturated rings. The van der Waals surface area contributed by atoms with Gasteiger partial charge in [-0.1, -0.05) is 13.3 Å². The number of piperidine rings is 1. The summed E-state index contributed by atoms with van der Waals surface area (Å²) in [5, 5.41) is 6.46. The molecule has 0 radical (unpaired) electrons. The van der Waals surface area contributed by atoms with Crippen LogP contribution in [0.4, 0.5) is 5.69 Å². The van der Waals surface area contributed by atoms with Crippen LogP contribution in [0.2, 0.25) is 0 Å². The van der Waals surface area contributed by atoms with Gasteiger partial charge in [-0.15, -0.1) is 24.8 Å². The number of rotatable bonds is 5. The van der Waals surface area contributed by atoms with E-state index < -0.39 is 0 Å². The van der Waals surface area contributed by atoms with Gasteiger partial charge in [-0.2, -0.15) is 0 Å². The molecule has 7 heteroatoms. The average Bonchev–Trinajstić information content (AvgIpc) is 2.96. The predicted octanol–water partition coefficient (Wildman–Crippen LogP) is 4.64.